The zero-order valence-corrected chi connectivity index (χ0v) is 12.4. The molecular formula is C14H13N5O2S. The molecule has 0 atom stereocenters. The predicted molar refractivity (Wildman–Crippen MR) is 82.3 cm³/mol. The molecule has 0 aliphatic rings. The molecule has 3 heterocycles. The molecule has 0 saturated heterocycles. The van der Waals surface area contributed by atoms with Gasteiger partial charge in [0.1, 0.15) is 5.69 Å². The number of nitrogens with one attached hydrogen (secondary N) is 1. The van der Waals surface area contributed by atoms with Gasteiger partial charge in [-0.3, -0.25) is 9.59 Å². The van der Waals surface area contributed by atoms with Gasteiger partial charge in [-0.05, 0) is 18.2 Å². The molecule has 22 heavy (non-hydrogen) atoms. The van der Waals surface area contributed by atoms with Gasteiger partial charge >= 0.3 is 0 Å². The Kier molecular flexibility index (Phi) is 4.10. The summed E-state index contributed by atoms with van der Waals surface area (Å²) in [6.07, 6.45) is 5.27. The topological polar surface area (TPSA) is 81.8 Å². The fourth-order valence-corrected chi connectivity index (χ4v) is 2.64. The lowest BCUT2D eigenvalue weighted by molar-refractivity contribution is 0.0947. The molecule has 1 amide bonds. The monoisotopic (exact) mass is 315 g/mol. The van der Waals surface area contributed by atoms with E-state index in [0.29, 0.717) is 18.8 Å². The van der Waals surface area contributed by atoms with Gasteiger partial charge in [-0.2, -0.15) is 5.10 Å². The molecule has 0 aliphatic heterocycles. The predicted octanol–water partition coefficient (Wildman–Crippen LogP) is 0.920. The van der Waals surface area contributed by atoms with Crippen molar-refractivity contribution < 1.29 is 4.79 Å². The van der Waals surface area contributed by atoms with Gasteiger partial charge in [0.15, 0.2) is 5.13 Å². The van der Waals surface area contributed by atoms with Crippen LogP contribution >= 0.6 is 11.3 Å². The molecular weight excluding hydrogens is 302 g/mol. The fourth-order valence-electron chi connectivity index (χ4n) is 1.87. The van der Waals surface area contributed by atoms with Crippen LogP contribution in [0.25, 0.3) is 5.13 Å². The Morgan fingerprint density at radius 2 is 2.09 bits per heavy atom. The summed E-state index contributed by atoms with van der Waals surface area (Å²) in [5, 5.41) is 9.09. The van der Waals surface area contributed by atoms with Crippen molar-refractivity contribution in [2.24, 2.45) is 0 Å². The quantitative estimate of drug-likeness (QED) is 0.759. The van der Waals surface area contributed by atoms with Crippen LogP contribution in [0.1, 0.15) is 10.5 Å². The van der Waals surface area contributed by atoms with Crippen LogP contribution in [0.5, 0.6) is 0 Å². The highest BCUT2D eigenvalue weighted by molar-refractivity contribution is 7.12. The SMILES string of the molecule is O=C(NCCn1ncccc1=O)c1csc(-n2cccc2)n1. The highest BCUT2D eigenvalue weighted by Crippen LogP contribution is 2.14. The minimum Gasteiger partial charge on any atom is -0.349 e. The zero-order chi connectivity index (χ0) is 15.4. The Balaban J connectivity index is 1.59. The maximum atomic E-state index is 12.0. The summed E-state index contributed by atoms with van der Waals surface area (Å²) in [6, 6.07) is 6.80. The lowest BCUT2D eigenvalue weighted by atomic mass is 10.4. The molecule has 0 saturated carbocycles. The third-order valence-electron chi connectivity index (χ3n) is 2.94. The summed E-state index contributed by atoms with van der Waals surface area (Å²) < 4.78 is 3.14. The van der Waals surface area contributed by atoms with E-state index in [1.165, 1.54) is 28.3 Å². The van der Waals surface area contributed by atoms with Gasteiger partial charge in [0.25, 0.3) is 11.5 Å². The summed E-state index contributed by atoms with van der Waals surface area (Å²) >= 11 is 1.39. The first-order valence-electron chi connectivity index (χ1n) is 6.63. The Labute approximate surface area is 129 Å². The largest absolute Gasteiger partial charge is 0.349 e. The van der Waals surface area contributed by atoms with Crippen LogP contribution < -0.4 is 10.9 Å². The molecule has 0 spiro atoms. The Morgan fingerprint density at radius 3 is 2.86 bits per heavy atom. The van der Waals surface area contributed by atoms with E-state index >= 15 is 0 Å². The molecule has 0 aromatic carbocycles. The second-order valence-corrected chi connectivity index (χ2v) is 5.28. The maximum absolute atomic E-state index is 12.0. The molecule has 112 valence electrons. The van der Waals surface area contributed by atoms with Crippen LogP contribution in [0.3, 0.4) is 0 Å². The van der Waals surface area contributed by atoms with Crippen molar-refractivity contribution in [2.45, 2.75) is 6.54 Å². The van der Waals surface area contributed by atoms with E-state index in [4.69, 9.17) is 0 Å². The van der Waals surface area contributed by atoms with E-state index in [1.54, 1.807) is 11.4 Å². The van der Waals surface area contributed by atoms with Gasteiger partial charge in [0.2, 0.25) is 0 Å². The molecule has 3 aromatic heterocycles. The molecule has 7 nitrogen and oxygen atoms in total. The van der Waals surface area contributed by atoms with Crippen molar-refractivity contribution in [1.82, 2.24) is 24.6 Å². The number of amides is 1. The van der Waals surface area contributed by atoms with Crippen LogP contribution in [0.15, 0.2) is 53.0 Å². The molecule has 0 bridgehead atoms. The average molecular weight is 315 g/mol. The highest BCUT2D eigenvalue weighted by atomic mass is 32.1. The summed E-state index contributed by atoms with van der Waals surface area (Å²) in [7, 11) is 0. The van der Waals surface area contributed by atoms with Gasteiger partial charge in [-0.25, -0.2) is 9.67 Å². The normalized spacial score (nSPS) is 10.5. The van der Waals surface area contributed by atoms with Crippen molar-refractivity contribution in [3.8, 4) is 5.13 Å². The van der Waals surface area contributed by atoms with E-state index in [9.17, 15) is 9.59 Å². The van der Waals surface area contributed by atoms with Crippen LogP contribution in [-0.2, 0) is 6.54 Å². The first kappa shape index (κ1) is 14.2. The molecule has 0 aliphatic carbocycles. The first-order chi connectivity index (χ1) is 10.7. The van der Waals surface area contributed by atoms with Crippen LogP contribution in [0.4, 0.5) is 0 Å². The molecule has 3 aromatic rings. The summed E-state index contributed by atoms with van der Waals surface area (Å²) in [4.78, 5) is 27.8. The molecule has 8 heteroatoms. The average Bonchev–Trinajstić information content (AvgIpc) is 3.20. The number of hydrogen-bond acceptors (Lipinski definition) is 5. The van der Waals surface area contributed by atoms with Crippen LogP contribution in [-0.4, -0.2) is 31.8 Å². The molecule has 0 unspecified atom stereocenters. The van der Waals surface area contributed by atoms with Gasteiger partial charge < -0.3 is 9.88 Å². The summed E-state index contributed by atoms with van der Waals surface area (Å²) in [5.41, 5.74) is 0.169. The van der Waals surface area contributed by atoms with Gasteiger partial charge in [0.05, 0.1) is 6.54 Å². The standard InChI is InChI=1S/C14H13N5O2S/c20-12-4-3-5-16-19(12)9-6-15-13(21)11-10-22-14(17-11)18-7-1-2-8-18/h1-5,7-8,10H,6,9H2,(H,15,21). The summed E-state index contributed by atoms with van der Waals surface area (Å²) in [5.74, 6) is -0.265. The van der Waals surface area contributed by atoms with Crippen molar-refractivity contribution >= 4 is 17.2 Å². The lowest BCUT2D eigenvalue weighted by Gasteiger charge is -2.04. The third kappa shape index (κ3) is 3.12. The van der Waals surface area contributed by atoms with E-state index < -0.39 is 0 Å². The highest BCUT2D eigenvalue weighted by Gasteiger charge is 2.11. The number of aromatic nitrogens is 4. The molecule has 3 rings (SSSR count). The second-order valence-electron chi connectivity index (χ2n) is 4.45. The Bertz CT molecular complexity index is 822. The minimum atomic E-state index is -0.265. The number of thiazole rings is 1. The first-order valence-corrected chi connectivity index (χ1v) is 7.51. The van der Waals surface area contributed by atoms with E-state index in [1.807, 2.05) is 29.1 Å². The Morgan fingerprint density at radius 1 is 1.27 bits per heavy atom. The minimum absolute atomic E-state index is 0.194. The van der Waals surface area contributed by atoms with Gasteiger partial charge in [-0.1, -0.05) is 0 Å². The number of hydrogen-bond donors (Lipinski definition) is 1. The van der Waals surface area contributed by atoms with E-state index in [2.05, 4.69) is 15.4 Å². The Hall–Kier alpha value is -2.74. The molecule has 0 radical (unpaired) electrons. The van der Waals surface area contributed by atoms with Crippen molar-refractivity contribution in [3.63, 3.8) is 0 Å². The van der Waals surface area contributed by atoms with Crippen molar-refractivity contribution in [3.05, 3.63) is 64.3 Å². The third-order valence-corrected chi connectivity index (χ3v) is 3.80. The zero-order valence-electron chi connectivity index (χ0n) is 11.5. The van der Waals surface area contributed by atoms with Gasteiger partial charge in [0, 0.05) is 36.6 Å². The number of carbonyl (C=O) groups excluding carboxylic acids is 1. The van der Waals surface area contributed by atoms with Crippen molar-refractivity contribution in [1.29, 1.82) is 0 Å². The number of nitrogens with zero attached hydrogens (tertiary/aromatic N) is 4. The van der Waals surface area contributed by atoms with E-state index in [-0.39, 0.29) is 11.5 Å². The molecule has 0 fully saturated rings. The number of rotatable bonds is 5. The van der Waals surface area contributed by atoms with Gasteiger partial charge in [-0.15, -0.1) is 11.3 Å². The lowest BCUT2D eigenvalue weighted by Crippen LogP contribution is -2.31. The van der Waals surface area contributed by atoms with E-state index in [0.717, 1.165) is 5.13 Å². The second kappa shape index (κ2) is 6.35. The van der Waals surface area contributed by atoms with Crippen molar-refractivity contribution in [2.75, 3.05) is 6.54 Å². The van der Waals surface area contributed by atoms with Crippen LogP contribution in [0, 0.1) is 0 Å². The number of carbonyl (C=O) groups is 1. The summed E-state index contributed by atoms with van der Waals surface area (Å²) in [6.45, 7) is 0.631. The van der Waals surface area contributed by atoms with Crippen LogP contribution in [0.2, 0.25) is 0 Å². The fraction of sp³-hybridized carbons (Fsp3) is 0.143. The smallest absolute Gasteiger partial charge is 0.270 e. The molecule has 1 N–H and O–H groups in total. The maximum Gasteiger partial charge on any atom is 0.270 e.